The number of benzene rings is 4. The van der Waals surface area contributed by atoms with Gasteiger partial charge in [0.15, 0.2) is 0 Å². The zero-order valence-corrected chi connectivity index (χ0v) is 21.9. The molecule has 4 rings (SSSR count). The molecule has 0 bridgehead atoms. The van der Waals surface area contributed by atoms with E-state index in [0.717, 1.165) is 11.1 Å². The quantitative estimate of drug-likeness (QED) is 0.220. The van der Waals surface area contributed by atoms with Crippen LogP contribution in [-0.4, -0.2) is 28.8 Å². The predicted molar refractivity (Wildman–Crippen MR) is 144 cm³/mol. The lowest BCUT2D eigenvalue weighted by atomic mass is 9.96. The molecule has 0 saturated heterocycles. The molecular formula is C30H30O6S. The van der Waals surface area contributed by atoms with E-state index in [1.165, 1.54) is 48.5 Å². The van der Waals surface area contributed by atoms with Crippen LogP contribution in [0.4, 0.5) is 0 Å². The van der Waals surface area contributed by atoms with Crippen molar-refractivity contribution in [1.29, 1.82) is 0 Å². The molecule has 0 spiro atoms. The highest BCUT2D eigenvalue weighted by molar-refractivity contribution is 7.91. The van der Waals surface area contributed by atoms with Crippen molar-refractivity contribution in [2.75, 3.05) is 0 Å². The normalized spacial score (nSPS) is 11.8. The van der Waals surface area contributed by atoms with E-state index in [2.05, 4.69) is 0 Å². The summed E-state index contributed by atoms with van der Waals surface area (Å²) in [5, 5.41) is 41.8. The number of phenolic OH excluding ortho intramolecular Hbond substituents is 4. The Bertz CT molecular complexity index is 1470. The van der Waals surface area contributed by atoms with Crippen LogP contribution in [0, 0.1) is 0 Å². The van der Waals surface area contributed by atoms with Crippen LogP contribution in [0.5, 0.6) is 23.0 Å². The third kappa shape index (κ3) is 5.00. The van der Waals surface area contributed by atoms with Gasteiger partial charge in [0, 0.05) is 22.3 Å². The van der Waals surface area contributed by atoms with Gasteiger partial charge >= 0.3 is 0 Å². The summed E-state index contributed by atoms with van der Waals surface area (Å²) in [6.07, 6.45) is 0. The number of hydrogen-bond acceptors (Lipinski definition) is 6. The summed E-state index contributed by atoms with van der Waals surface area (Å²) >= 11 is 0. The van der Waals surface area contributed by atoms with Crippen molar-refractivity contribution in [3.05, 3.63) is 83.9 Å². The van der Waals surface area contributed by atoms with Gasteiger partial charge in [-0.15, -0.1) is 0 Å². The van der Waals surface area contributed by atoms with E-state index in [0.29, 0.717) is 0 Å². The molecule has 0 aliphatic rings. The molecule has 192 valence electrons. The molecule has 0 unspecified atom stereocenters. The maximum atomic E-state index is 14.2. The summed E-state index contributed by atoms with van der Waals surface area (Å²) in [5.74, 6) is -0.319. The van der Waals surface area contributed by atoms with Crippen molar-refractivity contribution in [2.45, 2.75) is 49.3 Å². The topological polar surface area (TPSA) is 115 Å². The summed E-state index contributed by atoms with van der Waals surface area (Å²) in [7, 11) is -4.27. The van der Waals surface area contributed by atoms with Crippen molar-refractivity contribution >= 4 is 9.84 Å². The standard InChI is InChI=1S/C30H30O6S/c1-17(2)19-5-9-27(33)23(13-19)25-15-21(31)7-11-29(25)37(35,36)30-12-8-22(32)16-26(30)24-14-20(18(3)4)6-10-28(24)34/h5-18,31-34H,1-4H3. The Hall–Kier alpha value is -3.97. The van der Waals surface area contributed by atoms with E-state index in [1.54, 1.807) is 24.3 Å². The van der Waals surface area contributed by atoms with Gasteiger partial charge < -0.3 is 20.4 Å². The lowest BCUT2D eigenvalue weighted by Gasteiger charge is -2.18. The smallest absolute Gasteiger partial charge is 0.207 e. The first-order valence-electron chi connectivity index (χ1n) is 12.0. The van der Waals surface area contributed by atoms with Gasteiger partial charge in [0.05, 0.1) is 9.79 Å². The summed E-state index contributed by atoms with van der Waals surface area (Å²) in [6.45, 7) is 7.93. The Labute approximate surface area is 217 Å². The molecule has 0 amide bonds. The van der Waals surface area contributed by atoms with Gasteiger partial charge in [-0.1, -0.05) is 39.8 Å². The van der Waals surface area contributed by atoms with E-state index in [-0.39, 0.29) is 66.9 Å². The molecular weight excluding hydrogens is 488 g/mol. The average molecular weight is 519 g/mol. The highest BCUT2D eigenvalue weighted by Gasteiger charge is 2.28. The van der Waals surface area contributed by atoms with Crippen molar-refractivity contribution < 1.29 is 28.8 Å². The maximum absolute atomic E-state index is 14.2. The van der Waals surface area contributed by atoms with Crippen LogP contribution >= 0.6 is 0 Å². The van der Waals surface area contributed by atoms with Crippen molar-refractivity contribution in [1.82, 2.24) is 0 Å². The second-order valence-electron chi connectivity index (χ2n) is 9.73. The zero-order chi connectivity index (χ0) is 27.1. The minimum atomic E-state index is -4.27. The van der Waals surface area contributed by atoms with Crippen LogP contribution in [0.2, 0.25) is 0 Å². The molecule has 37 heavy (non-hydrogen) atoms. The number of aromatic hydroxyl groups is 4. The molecule has 0 atom stereocenters. The molecule has 0 aliphatic heterocycles. The van der Waals surface area contributed by atoms with Gasteiger partial charge in [0.1, 0.15) is 23.0 Å². The first kappa shape index (κ1) is 26.1. The first-order chi connectivity index (χ1) is 17.4. The molecule has 0 saturated carbocycles. The largest absolute Gasteiger partial charge is 0.508 e. The summed E-state index contributed by atoms with van der Waals surface area (Å²) in [6, 6.07) is 17.7. The molecule has 4 aromatic carbocycles. The summed E-state index contributed by atoms with van der Waals surface area (Å²) in [5.41, 5.74) is 2.59. The van der Waals surface area contributed by atoms with E-state index in [4.69, 9.17) is 0 Å². The van der Waals surface area contributed by atoms with Gasteiger partial charge in [-0.3, -0.25) is 0 Å². The Morgan fingerprint density at radius 3 is 1.24 bits per heavy atom. The monoisotopic (exact) mass is 518 g/mol. The van der Waals surface area contributed by atoms with Crippen molar-refractivity contribution in [3.63, 3.8) is 0 Å². The lowest BCUT2D eigenvalue weighted by Crippen LogP contribution is -2.06. The molecule has 0 aliphatic carbocycles. The van der Waals surface area contributed by atoms with E-state index < -0.39 is 9.84 Å². The Kier molecular flexibility index (Phi) is 6.93. The minimum absolute atomic E-state index is 0.122. The first-order valence-corrected chi connectivity index (χ1v) is 13.5. The van der Waals surface area contributed by atoms with E-state index in [9.17, 15) is 28.8 Å². The molecule has 0 fully saturated rings. The van der Waals surface area contributed by atoms with Crippen LogP contribution in [0.1, 0.15) is 50.7 Å². The van der Waals surface area contributed by atoms with Crippen LogP contribution < -0.4 is 0 Å². The van der Waals surface area contributed by atoms with Gasteiger partial charge in [-0.25, -0.2) is 8.42 Å². The van der Waals surface area contributed by atoms with Gasteiger partial charge in [0.25, 0.3) is 0 Å². The number of rotatable bonds is 6. The second-order valence-corrected chi connectivity index (χ2v) is 11.6. The third-order valence-electron chi connectivity index (χ3n) is 6.46. The van der Waals surface area contributed by atoms with Gasteiger partial charge in [0.2, 0.25) is 9.84 Å². The molecule has 0 heterocycles. The molecule has 0 radical (unpaired) electrons. The summed E-state index contributed by atoms with van der Waals surface area (Å²) in [4.78, 5) is -0.263. The minimum Gasteiger partial charge on any atom is -0.508 e. The lowest BCUT2D eigenvalue weighted by molar-refractivity contribution is 0.472. The fraction of sp³-hybridized carbons (Fsp3) is 0.200. The number of hydrogen-bond donors (Lipinski definition) is 4. The predicted octanol–water partition coefficient (Wildman–Crippen LogP) is 6.92. The van der Waals surface area contributed by atoms with Gasteiger partial charge in [-0.2, -0.15) is 0 Å². The third-order valence-corrected chi connectivity index (χ3v) is 8.33. The molecule has 7 heteroatoms. The number of phenols is 4. The Balaban J connectivity index is 2.00. The Morgan fingerprint density at radius 1 is 0.514 bits per heavy atom. The molecule has 4 aromatic rings. The highest BCUT2D eigenvalue weighted by atomic mass is 32.2. The van der Waals surface area contributed by atoms with Crippen LogP contribution in [0.25, 0.3) is 22.3 Å². The SMILES string of the molecule is CC(C)c1ccc(O)c(-c2cc(O)ccc2S(=O)(=O)c2ccc(O)cc2-c2cc(C(C)C)ccc2O)c1. The van der Waals surface area contributed by atoms with Crippen molar-refractivity contribution in [3.8, 4) is 45.3 Å². The van der Waals surface area contributed by atoms with Crippen LogP contribution in [0.3, 0.4) is 0 Å². The summed E-state index contributed by atoms with van der Waals surface area (Å²) < 4.78 is 28.4. The van der Waals surface area contributed by atoms with Crippen molar-refractivity contribution in [2.24, 2.45) is 0 Å². The second kappa shape index (κ2) is 9.82. The average Bonchev–Trinajstić information content (AvgIpc) is 2.83. The maximum Gasteiger partial charge on any atom is 0.207 e. The molecule has 0 aromatic heterocycles. The van der Waals surface area contributed by atoms with E-state index >= 15 is 0 Å². The number of sulfone groups is 1. The fourth-order valence-corrected chi connectivity index (χ4v) is 5.95. The van der Waals surface area contributed by atoms with Crippen LogP contribution in [-0.2, 0) is 9.84 Å². The highest BCUT2D eigenvalue weighted by Crippen LogP contribution is 2.43. The molecule has 4 N–H and O–H groups in total. The molecule has 6 nitrogen and oxygen atoms in total. The zero-order valence-electron chi connectivity index (χ0n) is 21.1. The Morgan fingerprint density at radius 2 is 0.892 bits per heavy atom. The van der Waals surface area contributed by atoms with E-state index in [1.807, 2.05) is 27.7 Å². The van der Waals surface area contributed by atoms with Gasteiger partial charge in [-0.05, 0) is 83.6 Å². The fourth-order valence-electron chi connectivity index (χ4n) is 4.30. The van der Waals surface area contributed by atoms with Crippen LogP contribution in [0.15, 0.2) is 82.6 Å².